The van der Waals surface area contributed by atoms with E-state index in [0.29, 0.717) is 23.4 Å². The maximum atomic E-state index is 14.2. The van der Waals surface area contributed by atoms with Crippen molar-refractivity contribution in [3.05, 3.63) is 107 Å². The van der Waals surface area contributed by atoms with Gasteiger partial charge in [-0.1, -0.05) is 151 Å². The van der Waals surface area contributed by atoms with Crippen molar-refractivity contribution in [2.45, 2.75) is 103 Å². The predicted molar refractivity (Wildman–Crippen MR) is 194 cm³/mol. The standard InChI is InChI=1S/C41H55N3O2/c1-4-5-6-7-8-9-10-11-12-13-14-15-16-23-32-42-38-37(40(45)34-24-19-17-20-25-34)39(33-28-30-35(31-29-33)43(2)3)44(41(38)46)36-26-21-18-22-27-36/h17-22,24-31,39,42H,4-16,23,32H2,1-3H3/t39-/m1/s1. The number of nitrogens with one attached hydrogen (secondary N) is 1. The van der Waals surface area contributed by atoms with Crippen LogP contribution in [0.5, 0.6) is 0 Å². The van der Waals surface area contributed by atoms with Crippen molar-refractivity contribution in [2.24, 2.45) is 0 Å². The zero-order valence-electron chi connectivity index (χ0n) is 28.5. The van der Waals surface area contributed by atoms with Crippen molar-refractivity contribution < 1.29 is 9.59 Å². The summed E-state index contributed by atoms with van der Waals surface area (Å²) in [5.41, 5.74) is 4.29. The van der Waals surface area contributed by atoms with Crippen LogP contribution < -0.4 is 15.1 Å². The third kappa shape index (κ3) is 9.82. The van der Waals surface area contributed by atoms with Crippen LogP contribution in [0, 0.1) is 0 Å². The maximum Gasteiger partial charge on any atom is 0.275 e. The normalized spacial score (nSPS) is 14.6. The molecule has 1 N–H and O–H groups in total. The lowest BCUT2D eigenvalue weighted by molar-refractivity contribution is -0.115. The van der Waals surface area contributed by atoms with E-state index in [9.17, 15) is 9.59 Å². The predicted octanol–water partition coefficient (Wildman–Crippen LogP) is 10.0. The summed E-state index contributed by atoms with van der Waals surface area (Å²) in [6.45, 7) is 2.94. The van der Waals surface area contributed by atoms with Crippen LogP contribution in [0.4, 0.5) is 11.4 Å². The molecule has 246 valence electrons. The summed E-state index contributed by atoms with van der Waals surface area (Å²) in [7, 11) is 4.02. The molecule has 1 heterocycles. The van der Waals surface area contributed by atoms with Crippen LogP contribution >= 0.6 is 0 Å². The highest BCUT2D eigenvalue weighted by Crippen LogP contribution is 2.42. The first-order valence-electron chi connectivity index (χ1n) is 17.8. The first-order valence-corrected chi connectivity index (χ1v) is 17.8. The summed E-state index contributed by atoms with van der Waals surface area (Å²) >= 11 is 0. The second kappa shape index (κ2) is 19.0. The van der Waals surface area contributed by atoms with Crippen LogP contribution in [-0.4, -0.2) is 32.3 Å². The molecule has 0 unspecified atom stereocenters. The molecule has 4 rings (SSSR count). The molecule has 0 saturated carbocycles. The molecule has 0 fully saturated rings. The minimum atomic E-state index is -0.530. The Balaban J connectivity index is 1.41. The minimum Gasteiger partial charge on any atom is -0.380 e. The quantitative estimate of drug-likeness (QED) is 0.0950. The second-order valence-electron chi connectivity index (χ2n) is 12.9. The van der Waals surface area contributed by atoms with Crippen molar-refractivity contribution in [2.75, 3.05) is 30.4 Å². The number of amides is 1. The zero-order valence-corrected chi connectivity index (χ0v) is 28.5. The number of para-hydroxylation sites is 1. The molecule has 1 aliphatic rings. The van der Waals surface area contributed by atoms with E-state index < -0.39 is 6.04 Å². The van der Waals surface area contributed by atoms with Crippen molar-refractivity contribution in [3.8, 4) is 0 Å². The van der Waals surface area contributed by atoms with Gasteiger partial charge in [-0.05, 0) is 36.2 Å². The Morgan fingerprint density at radius 1 is 0.674 bits per heavy atom. The zero-order chi connectivity index (χ0) is 32.6. The summed E-state index contributed by atoms with van der Waals surface area (Å²) in [5.74, 6) is -0.268. The molecule has 5 nitrogen and oxygen atoms in total. The summed E-state index contributed by atoms with van der Waals surface area (Å²) < 4.78 is 0. The van der Waals surface area contributed by atoms with E-state index in [-0.39, 0.29) is 11.7 Å². The van der Waals surface area contributed by atoms with E-state index >= 15 is 0 Å². The van der Waals surface area contributed by atoms with E-state index in [0.717, 1.165) is 29.8 Å². The van der Waals surface area contributed by atoms with Crippen LogP contribution in [0.25, 0.3) is 0 Å². The average Bonchev–Trinajstić information content (AvgIpc) is 3.38. The highest BCUT2D eigenvalue weighted by atomic mass is 16.2. The molecule has 0 radical (unpaired) electrons. The highest BCUT2D eigenvalue weighted by Gasteiger charge is 2.44. The second-order valence-corrected chi connectivity index (χ2v) is 12.9. The fourth-order valence-corrected chi connectivity index (χ4v) is 6.43. The van der Waals surface area contributed by atoms with Gasteiger partial charge in [-0.15, -0.1) is 0 Å². The lowest BCUT2D eigenvalue weighted by atomic mass is 9.92. The van der Waals surface area contributed by atoms with E-state index in [1.54, 1.807) is 4.90 Å². The number of nitrogens with zero attached hydrogens (tertiary/aromatic N) is 2. The van der Waals surface area contributed by atoms with Gasteiger partial charge in [0, 0.05) is 37.6 Å². The van der Waals surface area contributed by atoms with Gasteiger partial charge in [-0.25, -0.2) is 0 Å². The highest BCUT2D eigenvalue weighted by molar-refractivity contribution is 6.21. The SMILES string of the molecule is CCCCCCCCCCCCCCCCNC1=C(C(=O)c2ccccc2)[C@@H](c2ccc(N(C)C)cc2)N(c2ccccc2)C1=O. The summed E-state index contributed by atoms with van der Waals surface area (Å²) in [6, 6.07) is 26.7. The van der Waals surface area contributed by atoms with Crippen molar-refractivity contribution in [1.82, 2.24) is 5.32 Å². The molecule has 5 heteroatoms. The summed E-state index contributed by atoms with van der Waals surface area (Å²) in [4.78, 5) is 32.3. The topological polar surface area (TPSA) is 52.7 Å². The van der Waals surface area contributed by atoms with Gasteiger partial charge in [0.2, 0.25) is 0 Å². The third-order valence-electron chi connectivity index (χ3n) is 9.11. The largest absolute Gasteiger partial charge is 0.380 e. The molecule has 0 aromatic heterocycles. The molecule has 0 saturated heterocycles. The van der Waals surface area contributed by atoms with Gasteiger partial charge in [-0.3, -0.25) is 14.5 Å². The lowest BCUT2D eigenvalue weighted by Crippen LogP contribution is -2.33. The van der Waals surface area contributed by atoms with Crippen molar-refractivity contribution >= 4 is 23.1 Å². The summed E-state index contributed by atoms with van der Waals surface area (Å²) in [6.07, 6.45) is 18.2. The Morgan fingerprint density at radius 2 is 1.17 bits per heavy atom. The van der Waals surface area contributed by atoms with Crippen molar-refractivity contribution in [3.63, 3.8) is 0 Å². The number of rotatable bonds is 21. The Kier molecular flexibility index (Phi) is 14.4. The van der Waals surface area contributed by atoms with Gasteiger partial charge >= 0.3 is 0 Å². The van der Waals surface area contributed by atoms with Gasteiger partial charge in [0.05, 0.1) is 11.6 Å². The van der Waals surface area contributed by atoms with E-state index in [1.807, 2.05) is 104 Å². The van der Waals surface area contributed by atoms with Gasteiger partial charge in [0.25, 0.3) is 5.91 Å². The van der Waals surface area contributed by atoms with E-state index in [4.69, 9.17) is 0 Å². The van der Waals surface area contributed by atoms with E-state index in [1.165, 1.54) is 77.0 Å². The molecule has 1 amide bonds. The first kappa shape index (κ1) is 35.0. The number of benzene rings is 3. The Labute approximate surface area is 278 Å². The Hall–Kier alpha value is -3.86. The first-order chi connectivity index (χ1) is 22.5. The summed E-state index contributed by atoms with van der Waals surface area (Å²) in [5, 5.41) is 3.46. The molecule has 0 aliphatic carbocycles. The molecule has 3 aromatic rings. The number of anilines is 2. The number of unbranched alkanes of at least 4 members (excludes halogenated alkanes) is 13. The van der Waals surface area contributed by atoms with Gasteiger partial charge < -0.3 is 10.2 Å². The molecule has 0 bridgehead atoms. The van der Waals surface area contributed by atoms with Crippen LogP contribution in [0.3, 0.4) is 0 Å². The van der Waals surface area contributed by atoms with Crippen LogP contribution in [0.1, 0.15) is 119 Å². The molecule has 1 aliphatic heterocycles. The molecule has 0 spiro atoms. The average molecular weight is 622 g/mol. The van der Waals surface area contributed by atoms with Crippen molar-refractivity contribution in [1.29, 1.82) is 0 Å². The Morgan fingerprint density at radius 3 is 1.70 bits per heavy atom. The van der Waals surface area contributed by atoms with Crippen LogP contribution in [0.15, 0.2) is 96.2 Å². The Bertz CT molecular complexity index is 1370. The monoisotopic (exact) mass is 621 g/mol. The molecular weight excluding hydrogens is 566 g/mol. The number of Topliss-reactive ketones (excluding diaryl/α,β-unsaturated/α-hetero) is 1. The number of ketones is 1. The maximum absolute atomic E-state index is 14.2. The number of hydrogen-bond donors (Lipinski definition) is 1. The van der Waals surface area contributed by atoms with Crippen LogP contribution in [0.2, 0.25) is 0 Å². The molecular formula is C41H55N3O2. The molecule has 3 aromatic carbocycles. The fourth-order valence-electron chi connectivity index (χ4n) is 6.43. The number of carbonyl (C=O) groups is 2. The number of carbonyl (C=O) groups excluding carboxylic acids is 2. The van der Waals surface area contributed by atoms with E-state index in [2.05, 4.69) is 12.2 Å². The fraction of sp³-hybridized carbons (Fsp3) is 0.463. The van der Waals surface area contributed by atoms with Gasteiger partial charge in [0.15, 0.2) is 5.78 Å². The van der Waals surface area contributed by atoms with Gasteiger partial charge in [0.1, 0.15) is 5.70 Å². The number of hydrogen-bond acceptors (Lipinski definition) is 4. The minimum absolute atomic E-state index is 0.113. The van der Waals surface area contributed by atoms with Gasteiger partial charge in [-0.2, -0.15) is 0 Å². The molecule has 46 heavy (non-hydrogen) atoms. The lowest BCUT2D eigenvalue weighted by Gasteiger charge is -2.27. The smallest absolute Gasteiger partial charge is 0.275 e. The third-order valence-corrected chi connectivity index (χ3v) is 9.11. The van der Waals surface area contributed by atoms with Crippen LogP contribution in [-0.2, 0) is 4.79 Å². The molecule has 1 atom stereocenters.